The number of aryl methyl sites for hydroxylation is 2. The van der Waals surface area contributed by atoms with E-state index in [-0.39, 0.29) is 5.91 Å². The summed E-state index contributed by atoms with van der Waals surface area (Å²) in [6.07, 6.45) is 6.67. The molecule has 1 N–H and O–H groups in total. The molecule has 0 saturated heterocycles. The first kappa shape index (κ1) is 12.3. The van der Waals surface area contributed by atoms with Gasteiger partial charge in [-0.2, -0.15) is 0 Å². The van der Waals surface area contributed by atoms with Crippen LogP contribution in [0.15, 0.2) is 18.2 Å². The van der Waals surface area contributed by atoms with E-state index in [1.807, 2.05) is 32.0 Å². The lowest BCUT2D eigenvalue weighted by Gasteiger charge is -2.09. The molecule has 0 unspecified atom stereocenters. The van der Waals surface area contributed by atoms with Crippen LogP contribution in [-0.4, -0.2) is 12.5 Å². The molecule has 2 nitrogen and oxygen atoms in total. The number of terminal acetylenes is 1. The van der Waals surface area contributed by atoms with Crippen LogP contribution in [0.2, 0.25) is 0 Å². The van der Waals surface area contributed by atoms with Crippen LogP contribution in [0.5, 0.6) is 0 Å². The van der Waals surface area contributed by atoms with Gasteiger partial charge in [-0.1, -0.05) is 18.2 Å². The molecule has 0 saturated carbocycles. The van der Waals surface area contributed by atoms with Gasteiger partial charge in [0.15, 0.2) is 0 Å². The van der Waals surface area contributed by atoms with Crippen molar-refractivity contribution in [3.8, 4) is 12.3 Å². The fourth-order valence-electron chi connectivity index (χ4n) is 1.65. The summed E-state index contributed by atoms with van der Waals surface area (Å²) >= 11 is 0. The Bertz CT molecular complexity index is 395. The van der Waals surface area contributed by atoms with E-state index in [1.54, 1.807) is 0 Å². The minimum absolute atomic E-state index is 0.00683. The smallest absolute Gasteiger partial charge is 0.251 e. The topological polar surface area (TPSA) is 29.1 Å². The third-order valence-electron chi connectivity index (χ3n) is 2.49. The van der Waals surface area contributed by atoms with Gasteiger partial charge in [-0.05, 0) is 31.4 Å². The normalized spacial score (nSPS) is 9.56. The van der Waals surface area contributed by atoms with Crippen molar-refractivity contribution in [2.45, 2.75) is 26.7 Å². The van der Waals surface area contributed by atoms with E-state index in [0.717, 1.165) is 23.1 Å². The molecule has 0 aliphatic carbocycles. The average molecular weight is 215 g/mol. The Kier molecular flexibility index (Phi) is 4.60. The molecule has 16 heavy (non-hydrogen) atoms. The fourth-order valence-corrected chi connectivity index (χ4v) is 1.65. The van der Waals surface area contributed by atoms with Crippen molar-refractivity contribution in [3.05, 3.63) is 34.9 Å². The summed E-state index contributed by atoms with van der Waals surface area (Å²) in [5.41, 5.74) is 2.80. The van der Waals surface area contributed by atoms with Crippen molar-refractivity contribution < 1.29 is 4.79 Å². The lowest BCUT2D eigenvalue weighted by molar-refractivity contribution is 0.0952. The predicted octanol–water partition coefficient (Wildman–Crippen LogP) is 2.45. The average Bonchev–Trinajstić information content (AvgIpc) is 2.24. The summed E-state index contributed by atoms with van der Waals surface area (Å²) in [7, 11) is 0. The van der Waals surface area contributed by atoms with Crippen LogP contribution in [-0.2, 0) is 0 Å². The van der Waals surface area contributed by atoms with Crippen molar-refractivity contribution in [1.82, 2.24) is 5.32 Å². The van der Waals surface area contributed by atoms with Crippen molar-refractivity contribution in [1.29, 1.82) is 0 Å². The number of unbranched alkanes of at least 4 members (excludes halogenated alkanes) is 1. The molecule has 1 aromatic carbocycles. The number of carbonyl (C=O) groups is 1. The lowest BCUT2D eigenvalue weighted by atomic mass is 10.0. The Balaban J connectivity index is 2.63. The van der Waals surface area contributed by atoms with Gasteiger partial charge >= 0.3 is 0 Å². The van der Waals surface area contributed by atoms with E-state index < -0.39 is 0 Å². The first-order valence-corrected chi connectivity index (χ1v) is 5.44. The monoisotopic (exact) mass is 215 g/mol. The molecule has 0 bridgehead atoms. The fraction of sp³-hybridized carbons (Fsp3) is 0.357. The maximum absolute atomic E-state index is 11.9. The molecule has 0 aliphatic rings. The maximum atomic E-state index is 11.9. The number of hydrogen-bond donors (Lipinski definition) is 1. The lowest BCUT2D eigenvalue weighted by Crippen LogP contribution is -2.25. The van der Waals surface area contributed by atoms with Crippen molar-refractivity contribution in [2.75, 3.05) is 6.54 Å². The van der Waals surface area contributed by atoms with Gasteiger partial charge in [-0.3, -0.25) is 4.79 Å². The Labute approximate surface area is 97.1 Å². The molecule has 1 rings (SSSR count). The first-order valence-electron chi connectivity index (χ1n) is 5.44. The summed E-state index contributed by atoms with van der Waals surface area (Å²) in [6.45, 7) is 4.53. The predicted molar refractivity (Wildman–Crippen MR) is 66.3 cm³/mol. The Morgan fingerprint density at radius 1 is 1.38 bits per heavy atom. The van der Waals surface area contributed by atoms with Crippen LogP contribution in [0.3, 0.4) is 0 Å². The molecule has 0 aliphatic heterocycles. The van der Waals surface area contributed by atoms with Gasteiger partial charge in [0.05, 0.1) is 0 Å². The number of amides is 1. The minimum atomic E-state index is -0.00683. The van der Waals surface area contributed by atoms with Crippen molar-refractivity contribution in [3.63, 3.8) is 0 Å². The number of hydrogen-bond acceptors (Lipinski definition) is 1. The molecule has 1 amide bonds. The molecule has 84 valence electrons. The summed E-state index contributed by atoms with van der Waals surface area (Å²) in [4.78, 5) is 11.9. The zero-order valence-electron chi connectivity index (χ0n) is 9.84. The highest BCUT2D eigenvalue weighted by Crippen LogP contribution is 2.12. The summed E-state index contributed by atoms with van der Waals surface area (Å²) in [5, 5.41) is 2.88. The van der Waals surface area contributed by atoms with Gasteiger partial charge in [-0.15, -0.1) is 12.3 Å². The molecule has 0 fully saturated rings. The molecule has 0 heterocycles. The zero-order valence-corrected chi connectivity index (χ0v) is 9.84. The molecular weight excluding hydrogens is 198 g/mol. The second-order valence-electron chi connectivity index (χ2n) is 3.83. The second-order valence-corrected chi connectivity index (χ2v) is 3.83. The van der Waals surface area contributed by atoms with Gasteiger partial charge in [0.25, 0.3) is 5.91 Å². The third-order valence-corrected chi connectivity index (χ3v) is 2.49. The van der Waals surface area contributed by atoms with E-state index in [9.17, 15) is 4.79 Å². The molecule has 2 heteroatoms. The van der Waals surface area contributed by atoms with Gasteiger partial charge < -0.3 is 5.32 Å². The third kappa shape index (κ3) is 3.13. The largest absolute Gasteiger partial charge is 0.352 e. The standard InChI is InChI=1S/C14H17NO/c1-4-5-6-10-15-14(16)13-11(2)8-7-9-12(13)3/h1,7-9H,5-6,10H2,2-3H3,(H,15,16). The van der Waals surface area contributed by atoms with E-state index in [0.29, 0.717) is 13.0 Å². The van der Waals surface area contributed by atoms with E-state index in [4.69, 9.17) is 6.42 Å². The van der Waals surface area contributed by atoms with Crippen molar-refractivity contribution >= 4 is 5.91 Å². The van der Waals surface area contributed by atoms with Gasteiger partial charge in [-0.25, -0.2) is 0 Å². The molecule has 0 radical (unpaired) electrons. The molecule has 0 atom stereocenters. The van der Waals surface area contributed by atoms with Gasteiger partial charge in [0, 0.05) is 18.5 Å². The van der Waals surface area contributed by atoms with Crippen LogP contribution in [0.25, 0.3) is 0 Å². The number of nitrogens with one attached hydrogen (secondary N) is 1. The van der Waals surface area contributed by atoms with Crippen LogP contribution in [0.4, 0.5) is 0 Å². The molecular formula is C14H17NO. The van der Waals surface area contributed by atoms with Gasteiger partial charge in [0.1, 0.15) is 0 Å². The Morgan fingerprint density at radius 2 is 2.00 bits per heavy atom. The first-order chi connectivity index (χ1) is 7.66. The van der Waals surface area contributed by atoms with Crippen LogP contribution < -0.4 is 5.32 Å². The molecule has 1 aromatic rings. The summed E-state index contributed by atoms with van der Waals surface area (Å²) in [6, 6.07) is 5.85. The zero-order chi connectivity index (χ0) is 12.0. The number of benzene rings is 1. The van der Waals surface area contributed by atoms with Crippen LogP contribution in [0.1, 0.15) is 34.3 Å². The van der Waals surface area contributed by atoms with E-state index in [2.05, 4.69) is 11.2 Å². The molecule has 0 spiro atoms. The van der Waals surface area contributed by atoms with Crippen LogP contribution in [0, 0.1) is 26.2 Å². The second kappa shape index (κ2) is 5.97. The maximum Gasteiger partial charge on any atom is 0.251 e. The minimum Gasteiger partial charge on any atom is -0.352 e. The van der Waals surface area contributed by atoms with Gasteiger partial charge in [0.2, 0.25) is 0 Å². The van der Waals surface area contributed by atoms with Crippen LogP contribution >= 0.6 is 0 Å². The Hall–Kier alpha value is -1.75. The van der Waals surface area contributed by atoms with E-state index >= 15 is 0 Å². The van der Waals surface area contributed by atoms with Crippen molar-refractivity contribution in [2.24, 2.45) is 0 Å². The quantitative estimate of drug-likeness (QED) is 0.606. The highest BCUT2D eigenvalue weighted by atomic mass is 16.1. The Morgan fingerprint density at radius 3 is 2.56 bits per heavy atom. The van der Waals surface area contributed by atoms with E-state index in [1.165, 1.54) is 0 Å². The summed E-state index contributed by atoms with van der Waals surface area (Å²) in [5.74, 6) is 2.55. The highest BCUT2D eigenvalue weighted by Gasteiger charge is 2.10. The SMILES string of the molecule is C#CCCCNC(=O)c1c(C)cccc1C. The summed E-state index contributed by atoms with van der Waals surface area (Å²) < 4.78 is 0. The number of carbonyl (C=O) groups excluding carboxylic acids is 1. The highest BCUT2D eigenvalue weighted by molar-refractivity contribution is 5.96. The number of rotatable bonds is 4. The molecule has 0 aromatic heterocycles.